The number of hydrogen-bond acceptors (Lipinski definition) is 1. The van der Waals surface area contributed by atoms with Crippen LogP contribution in [0.3, 0.4) is 0 Å². The maximum absolute atomic E-state index is 3.75. The molecule has 0 heterocycles. The predicted molar refractivity (Wildman–Crippen MR) is 60.4 cm³/mol. The molecule has 1 nitrogen and oxygen atoms in total. The van der Waals surface area contributed by atoms with Gasteiger partial charge in [-0.2, -0.15) is 0 Å². The number of rotatable bonds is 8. The van der Waals surface area contributed by atoms with Crippen LogP contribution in [0.15, 0.2) is 25.6 Å². The summed E-state index contributed by atoms with van der Waals surface area (Å²) in [7, 11) is 0. The predicted octanol–water partition coefficient (Wildman–Crippen LogP) is 3.79. The molecule has 13 heavy (non-hydrogen) atoms. The van der Waals surface area contributed by atoms with Gasteiger partial charge in [-0.05, 0) is 24.7 Å². The molecule has 0 spiro atoms. The van der Waals surface area contributed by atoms with Crippen molar-refractivity contribution in [1.82, 2.24) is 4.90 Å². The summed E-state index contributed by atoms with van der Waals surface area (Å²) in [6, 6.07) is 0. The number of nitrogens with zero attached hydrogens (tertiary/aromatic N) is 1. The molecule has 0 aromatic carbocycles. The summed E-state index contributed by atoms with van der Waals surface area (Å²) in [5.41, 5.74) is 0. The van der Waals surface area contributed by atoms with E-state index in [9.17, 15) is 0 Å². The fourth-order valence-electron chi connectivity index (χ4n) is 1.44. The fourth-order valence-corrected chi connectivity index (χ4v) is 1.44. The summed E-state index contributed by atoms with van der Waals surface area (Å²) in [6.45, 7) is 13.1. The highest BCUT2D eigenvalue weighted by Gasteiger charge is 2.07. The second kappa shape index (κ2) is 7.90. The van der Waals surface area contributed by atoms with Crippen molar-refractivity contribution < 1.29 is 0 Å². The molecule has 0 amide bonds. The van der Waals surface area contributed by atoms with Gasteiger partial charge in [0.1, 0.15) is 0 Å². The zero-order chi connectivity index (χ0) is 10.1. The SMILES string of the molecule is C=CN(C=C)CC(CC)CCCC. The fraction of sp³-hybridized carbons (Fsp3) is 0.667. The average Bonchev–Trinajstić information content (AvgIpc) is 2.19. The molecule has 0 aliphatic carbocycles. The zero-order valence-electron chi connectivity index (χ0n) is 9.13. The molecule has 0 saturated carbocycles. The van der Waals surface area contributed by atoms with E-state index in [4.69, 9.17) is 0 Å². The first-order chi connectivity index (χ1) is 6.28. The average molecular weight is 181 g/mol. The summed E-state index contributed by atoms with van der Waals surface area (Å²) in [5.74, 6) is 0.788. The summed E-state index contributed by atoms with van der Waals surface area (Å²) in [6.07, 6.45) is 8.89. The first-order valence-electron chi connectivity index (χ1n) is 5.29. The molecular formula is C12H23N. The van der Waals surface area contributed by atoms with Crippen molar-refractivity contribution >= 4 is 0 Å². The van der Waals surface area contributed by atoms with Crippen LogP contribution < -0.4 is 0 Å². The quantitative estimate of drug-likeness (QED) is 0.550. The highest BCUT2D eigenvalue weighted by atomic mass is 15.1. The summed E-state index contributed by atoms with van der Waals surface area (Å²) >= 11 is 0. The van der Waals surface area contributed by atoms with Gasteiger partial charge >= 0.3 is 0 Å². The molecule has 0 aliphatic heterocycles. The third kappa shape index (κ3) is 5.51. The van der Waals surface area contributed by atoms with Crippen molar-refractivity contribution in [1.29, 1.82) is 0 Å². The molecule has 0 aromatic heterocycles. The van der Waals surface area contributed by atoms with E-state index in [1.807, 2.05) is 12.4 Å². The van der Waals surface area contributed by atoms with Crippen molar-refractivity contribution in [3.63, 3.8) is 0 Å². The third-order valence-electron chi connectivity index (χ3n) is 2.48. The van der Waals surface area contributed by atoms with Crippen LogP contribution in [-0.2, 0) is 0 Å². The zero-order valence-corrected chi connectivity index (χ0v) is 9.13. The lowest BCUT2D eigenvalue weighted by Crippen LogP contribution is -2.19. The Labute approximate surface area is 83.1 Å². The van der Waals surface area contributed by atoms with E-state index >= 15 is 0 Å². The van der Waals surface area contributed by atoms with Gasteiger partial charge in [0.15, 0.2) is 0 Å². The van der Waals surface area contributed by atoms with Crippen LogP contribution in [0, 0.1) is 5.92 Å². The third-order valence-corrected chi connectivity index (χ3v) is 2.48. The molecule has 0 N–H and O–H groups in total. The Hall–Kier alpha value is -0.720. The van der Waals surface area contributed by atoms with Crippen molar-refractivity contribution in [3.05, 3.63) is 25.6 Å². The van der Waals surface area contributed by atoms with E-state index in [0.29, 0.717) is 0 Å². The van der Waals surface area contributed by atoms with Crippen LogP contribution in [0.2, 0.25) is 0 Å². The maximum atomic E-state index is 3.75. The Kier molecular flexibility index (Phi) is 7.47. The molecule has 0 radical (unpaired) electrons. The molecule has 1 heteroatoms. The molecule has 0 fully saturated rings. The van der Waals surface area contributed by atoms with Gasteiger partial charge in [0, 0.05) is 6.54 Å². The first kappa shape index (κ1) is 12.3. The van der Waals surface area contributed by atoms with Crippen LogP contribution in [0.25, 0.3) is 0 Å². The van der Waals surface area contributed by atoms with Gasteiger partial charge in [-0.15, -0.1) is 0 Å². The number of hydrogen-bond donors (Lipinski definition) is 0. The Balaban J connectivity index is 3.80. The molecule has 0 aromatic rings. The standard InChI is InChI=1S/C12H23N/c1-5-9-10-12(6-2)11-13(7-3)8-4/h7-8,12H,3-6,9-11H2,1-2H3. The Morgan fingerprint density at radius 1 is 1.23 bits per heavy atom. The van der Waals surface area contributed by atoms with Crippen LogP contribution in [0.1, 0.15) is 39.5 Å². The van der Waals surface area contributed by atoms with Gasteiger partial charge in [0.05, 0.1) is 0 Å². The van der Waals surface area contributed by atoms with Gasteiger partial charge < -0.3 is 4.90 Å². The lowest BCUT2D eigenvalue weighted by Gasteiger charge is -2.21. The number of unbranched alkanes of at least 4 members (excludes halogenated alkanes) is 1. The second-order valence-electron chi connectivity index (χ2n) is 3.48. The van der Waals surface area contributed by atoms with Crippen molar-refractivity contribution in [2.75, 3.05) is 6.54 Å². The van der Waals surface area contributed by atoms with E-state index in [0.717, 1.165) is 12.5 Å². The lowest BCUT2D eigenvalue weighted by atomic mass is 9.99. The molecule has 76 valence electrons. The Bertz CT molecular complexity index is 132. The Morgan fingerprint density at radius 3 is 2.23 bits per heavy atom. The van der Waals surface area contributed by atoms with Crippen LogP contribution in [0.4, 0.5) is 0 Å². The Morgan fingerprint density at radius 2 is 1.85 bits per heavy atom. The van der Waals surface area contributed by atoms with E-state index in [-0.39, 0.29) is 0 Å². The highest BCUT2D eigenvalue weighted by molar-refractivity contribution is 4.82. The minimum atomic E-state index is 0.788. The second-order valence-corrected chi connectivity index (χ2v) is 3.48. The normalized spacial score (nSPS) is 12.2. The largest absolute Gasteiger partial charge is 0.355 e. The van der Waals surface area contributed by atoms with E-state index in [2.05, 4.69) is 31.9 Å². The van der Waals surface area contributed by atoms with Crippen LogP contribution >= 0.6 is 0 Å². The van der Waals surface area contributed by atoms with Gasteiger partial charge in [0.2, 0.25) is 0 Å². The molecule has 0 rings (SSSR count). The summed E-state index contributed by atoms with van der Waals surface area (Å²) in [4.78, 5) is 2.07. The summed E-state index contributed by atoms with van der Waals surface area (Å²) in [5, 5.41) is 0. The maximum Gasteiger partial charge on any atom is 0.0247 e. The van der Waals surface area contributed by atoms with Crippen LogP contribution in [-0.4, -0.2) is 11.4 Å². The molecule has 0 saturated heterocycles. The highest BCUT2D eigenvalue weighted by Crippen LogP contribution is 2.14. The van der Waals surface area contributed by atoms with Gasteiger partial charge in [-0.3, -0.25) is 0 Å². The summed E-state index contributed by atoms with van der Waals surface area (Å²) < 4.78 is 0. The van der Waals surface area contributed by atoms with Gasteiger partial charge in [-0.25, -0.2) is 0 Å². The van der Waals surface area contributed by atoms with Crippen molar-refractivity contribution in [2.24, 2.45) is 5.92 Å². The van der Waals surface area contributed by atoms with Crippen molar-refractivity contribution in [3.8, 4) is 0 Å². The molecule has 0 aliphatic rings. The van der Waals surface area contributed by atoms with E-state index in [1.165, 1.54) is 25.7 Å². The van der Waals surface area contributed by atoms with E-state index < -0.39 is 0 Å². The van der Waals surface area contributed by atoms with E-state index in [1.54, 1.807) is 0 Å². The van der Waals surface area contributed by atoms with Crippen LogP contribution in [0.5, 0.6) is 0 Å². The molecular weight excluding hydrogens is 158 g/mol. The molecule has 0 bridgehead atoms. The first-order valence-corrected chi connectivity index (χ1v) is 5.29. The minimum absolute atomic E-state index is 0.788. The van der Waals surface area contributed by atoms with Gasteiger partial charge in [0.25, 0.3) is 0 Å². The van der Waals surface area contributed by atoms with Crippen molar-refractivity contribution in [2.45, 2.75) is 39.5 Å². The topological polar surface area (TPSA) is 3.24 Å². The molecule has 1 atom stereocenters. The lowest BCUT2D eigenvalue weighted by molar-refractivity contribution is 0.348. The monoisotopic (exact) mass is 181 g/mol. The minimum Gasteiger partial charge on any atom is -0.355 e. The smallest absolute Gasteiger partial charge is 0.0247 e. The van der Waals surface area contributed by atoms with Gasteiger partial charge in [-0.1, -0.05) is 46.3 Å². The molecule has 1 unspecified atom stereocenters.